The second-order valence-corrected chi connectivity index (χ2v) is 11.6. The first-order chi connectivity index (χ1) is 24.6. The molecule has 3 aromatic carbocycles. The summed E-state index contributed by atoms with van der Waals surface area (Å²) < 4.78 is 48.6. The van der Waals surface area contributed by atoms with Crippen LogP contribution in [0.25, 0.3) is 22.5 Å². The second kappa shape index (κ2) is 18.4. The Balaban J connectivity index is 0.000000581. The van der Waals surface area contributed by atoms with Crippen LogP contribution >= 0.6 is 0 Å². The van der Waals surface area contributed by atoms with Crippen molar-refractivity contribution in [2.24, 2.45) is 0 Å². The topological polar surface area (TPSA) is 96.1 Å². The zero-order valence-corrected chi connectivity index (χ0v) is 29.5. The van der Waals surface area contributed by atoms with Crippen molar-refractivity contribution in [1.29, 1.82) is 0 Å². The summed E-state index contributed by atoms with van der Waals surface area (Å²) in [4.78, 5) is 29.9. The number of alkyl halides is 3. The van der Waals surface area contributed by atoms with Gasteiger partial charge >= 0.3 is 6.36 Å². The molecule has 1 atom stereocenters. The Labute approximate surface area is 297 Å². The number of H-pyrrole nitrogens is 2. The molecule has 0 spiro atoms. The molecule has 1 amide bonds. The zero-order valence-electron chi connectivity index (χ0n) is 29.5. The van der Waals surface area contributed by atoms with E-state index in [1.807, 2.05) is 81.5 Å². The lowest BCUT2D eigenvalue weighted by atomic mass is 10.1. The first-order valence-electron chi connectivity index (χ1n) is 16.9. The summed E-state index contributed by atoms with van der Waals surface area (Å²) in [5, 5.41) is 0. The molecule has 0 radical (unpaired) electrons. The number of hydrogen-bond donors (Lipinski definition) is 2. The maximum absolute atomic E-state index is 13.2. The third-order valence-corrected chi connectivity index (χ3v) is 7.69. The number of likely N-dealkylation sites (tertiary alicyclic amines) is 1. The van der Waals surface area contributed by atoms with Gasteiger partial charge in [-0.1, -0.05) is 68.0 Å². The summed E-state index contributed by atoms with van der Waals surface area (Å²) in [5.74, 6) is 1.34. The first-order valence-corrected chi connectivity index (χ1v) is 16.9. The number of rotatable bonds is 9. The van der Waals surface area contributed by atoms with E-state index >= 15 is 0 Å². The molecule has 8 nitrogen and oxygen atoms in total. The molecule has 2 aromatic heterocycles. The summed E-state index contributed by atoms with van der Waals surface area (Å²) in [6.07, 6.45) is 7.65. The van der Waals surface area contributed by atoms with Gasteiger partial charge in [0, 0.05) is 17.7 Å². The van der Waals surface area contributed by atoms with Gasteiger partial charge in [0.05, 0.1) is 42.6 Å². The fraction of sp³-hybridized carbons (Fsp3) is 0.275. The molecule has 0 saturated carbocycles. The molecule has 0 bridgehead atoms. The predicted octanol–water partition coefficient (Wildman–Crippen LogP) is 10.6. The monoisotopic (exact) mass is 699 g/mol. The number of carbonyl (C=O) groups excluding carboxylic acids is 1. The van der Waals surface area contributed by atoms with E-state index in [-0.39, 0.29) is 29.7 Å². The third-order valence-electron chi connectivity index (χ3n) is 7.69. The van der Waals surface area contributed by atoms with Crippen molar-refractivity contribution in [1.82, 2.24) is 24.8 Å². The van der Waals surface area contributed by atoms with Crippen molar-refractivity contribution in [3.05, 3.63) is 127 Å². The minimum atomic E-state index is -4.84. The van der Waals surface area contributed by atoms with E-state index in [2.05, 4.69) is 44.6 Å². The van der Waals surface area contributed by atoms with Gasteiger partial charge in [-0.05, 0) is 81.6 Å². The van der Waals surface area contributed by atoms with Gasteiger partial charge in [0.2, 0.25) is 5.91 Å². The standard InChI is InChI=1S/C31H26F3N5O3.C7H12.C2H6/c32-31(33,34)42-28-9-2-1-5-22(28)16-29(40)39-14-4-8-27(39)30-36-18-26(38-30)20-10-12-23(13-11-20)41-24-7-3-6-21(15-24)25-17-35-19-37-25;1-4-5-6-7(2)3;1-2/h1-3,5-7,9-13,15,17-19,27H,4,8,14,16H2,(H,35,37)(H,36,38);4-6H,1-3H3;1-2H3/b;5-4-;/t27-;;/m0../s1. The number of allylic oxidation sites excluding steroid dienone is 4. The summed E-state index contributed by atoms with van der Waals surface area (Å²) >= 11 is 0. The van der Waals surface area contributed by atoms with Gasteiger partial charge in [-0.15, -0.1) is 13.2 Å². The maximum atomic E-state index is 13.2. The van der Waals surface area contributed by atoms with Crippen molar-refractivity contribution in [3.8, 4) is 39.8 Å². The van der Waals surface area contributed by atoms with E-state index in [9.17, 15) is 18.0 Å². The van der Waals surface area contributed by atoms with Crippen LogP contribution in [0, 0.1) is 0 Å². The summed E-state index contributed by atoms with van der Waals surface area (Å²) in [6, 6.07) is 20.7. The quantitative estimate of drug-likeness (QED) is 0.149. The van der Waals surface area contributed by atoms with E-state index in [0.29, 0.717) is 30.3 Å². The van der Waals surface area contributed by atoms with Crippen molar-refractivity contribution >= 4 is 5.91 Å². The number of nitrogens with one attached hydrogen (secondary N) is 2. The van der Waals surface area contributed by atoms with Crippen LogP contribution < -0.4 is 9.47 Å². The number of hydrogen-bond acceptors (Lipinski definition) is 5. The van der Waals surface area contributed by atoms with E-state index < -0.39 is 6.36 Å². The van der Waals surface area contributed by atoms with Crippen molar-refractivity contribution in [2.45, 2.75) is 66.3 Å². The van der Waals surface area contributed by atoms with E-state index in [0.717, 1.165) is 28.9 Å². The normalized spacial score (nSPS) is 13.9. The fourth-order valence-electron chi connectivity index (χ4n) is 5.41. The molecule has 0 aliphatic carbocycles. The first kappa shape index (κ1) is 38.2. The fourth-order valence-corrected chi connectivity index (χ4v) is 5.41. The Bertz CT molecular complexity index is 1880. The molecule has 6 rings (SSSR count). The molecule has 11 heteroatoms. The lowest BCUT2D eigenvalue weighted by Gasteiger charge is -2.24. The molecular formula is C40H44F3N5O3. The number of carbonyl (C=O) groups is 1. The van der Waals surface area contributed by atoms with Crippen LogP contribution in [0.3, 0.4) is 0 Å². The Morgan fingerprint density at radius 3 is 2.39 bits per heavy atom. The van der Waals surface area contributed by atoms with Gasteiger partial charge in [0.25, 0.3) is 0 Å². The minimum Gasteiger partial charge on any atom is -0.457 e. The molecule has 1 fully saturated rings. The summed E-state index contributed by atoms with van der Waals surface area (Å²) in [7, 11) is 0. The average Bonchev–Trinajstić information content (AvgIpc) is 3.92. The molecule has 268 valence electrons. The smallest absolute Gasteiger partial charge is 0.457 e. The SMILES string of the molecule is C/C=C\C=C(C)C.CC.O=C(Cc1ccccc1OC(F)(F)F)N1CCC[C@H]1c1ncc(-c2ccc(Oc3cccc(-c4cnc[nH]4)c3)cc2)[nH]1. The van der Waals surface area contributed by atoms with Crippen molar-refractivity contribution in [2.75, 3.05) is 6.54 Å². The van der Waals surface area contributed by atoms with Gasteiger partial charge in [0.1, 0.15) is 23.1 Å². The zero-order chi connectivity index (χ0) is 36.8. The van der Waals surface area contributed by atoms with Crippen LogP contribution in [0.2, 0.25) is 0 Å². The van der Waals surface area contributed by atoms with Crippen LogP contribution in [-0.4, -0.2) is 43.7 Å². The Kier molecular flexibility index (Phi) is 13.8. The molecular weight excluding hydrogens is 655 g/mol. The highest BCUT2D eigenvalue weighted by Crippen LogP contribution is 2.34. The van der Waals surface area contributed by atoms with Gasteiger partial charge in [0.15, 0.2) is 0 Å². The van der Waals surface area contributed by atoms with Gasteiger partial charge in [-0.25, -0.2) is 9.97 Å². The largest absolute Gasteiger partial charge is 0.573 e. The van der Waals surface area contributed by atoms with Gasteiger partial charge < -0.3 is 24.3 Å². The predicted molar refractivity (Wildman–Crippen MR) is 194 cm³/mol. The lowest BCUT2D eigenvalue weighted by molar-refractivity contribution is -0.274. The third kappa shape index (κ3) is 11.2. The highest BCUT2D eigenvalue weighted by atomic mass is 19.4. The molecule has 51 heavy (non-hydrogen) atoms. The number of nitrogens with zero attached hydrogens (tertiary/aromatic N) is 3. The number of amides is 1. The highest BCUT2D eigenvalue weighted by molar-refractivity contribution is 5.80. The number of ether oxygens (including phenoxy) is 2. The Morgan fingerprint density at radius 2 is 1.73 bits per heavy atom. The number of aromatic amines is 2. The molecule has 2 N–H and O–H groups in total. The van der Waals surface area contributed by atoms with E-state index in [4.69, 9.17) is 4.74 Å². The Hall–Kier alpha value is -5.58. The van der Waals surface area contributed by atoms with Crippen molar-refractivity contribution < 1.29 is 27.4 Å². The average molecular weight is 700 g/mol. The van der Waals surface area contributed by atoms with Crippen LogP contribution in [0.15, 0.2) is 115 Å². The van der Waals surface area contributed by atoms with Crippen LogP contribution in [0.5, 0.6) is 17.2 Å². The maximum Gasteiger partial charge on any atom is 0.573 e. The number of halogens is 3. The summed E-state index contributed by atoms with van der Waals surface area (Å²) in [6.45, 7) is 10.7. The van der Waals surface area contributed by atoms with Crippen molar-refractivity contribution in [3.63, 3.8) is 0 Å². The number of aromatic nitrogens is 4. The van der Waals surface area contributed by atoms with Crippen LogP contribution in [-0.2, 0) is 11.2 Å². The van der Waals surface area contributed by atoms with E-state index in [1.54, 1.807) is 29.7 Å². The van der Waals surface area contributed by atoms with E-state index in [1.165, 1.54) is 23.8 Å². The number of benzene rings is 3. The van der Waals surface area contributed by atoms with Crippen LogP contribution in [0.4, 0.5) is 13.2 Å². The van der Waals surface area contributed by atoms with Crippen LogP contribution in [0.1, 0.15) is 64.9 Å². The number of imidazole rings is 2. The second-order valence-electron chi connectivity index (χ2n) is 11.6. The number of para-hydroxylation sites is 1. The molecule has 3 heterocycles. The van der Waals surface area contributed by atoms with Gasteiger partial charge in [-0.3, -0.25) is 4.79 Å². The molecule has 1 aliphatic heterocycles. The molecule has 1 saturated heterocycles. The molecule has 1 aliphatic rings. The highest BCUT2D eigenvalue weighted by Gasteiger charge is 2.34. The summed E-state index contributed by atoms with van der Waals surface area (Å²) in [5.41, 5.74) is 5.06. The molecule has 5 aromatic rings. The molecule has 0 unspecified atom stereocenters. The Morgan fingerprint density at radius 1 is 0.961 bits per heavy atom. The van der Waals surface area contributed by atoms with Gasteiger partial charge in [-0.2, -0.15) is 0 Å². The minimum absolute atomic E-state index is 0.181. The lowest BCUT2D eigenvalue weighted by Crippen LogP contribution is -2.32.